The summed E-state index contributed by atoms with van der Waals surface area (Å²) in [6, 6.07) is 0. The number of nitrogens with zero attached hydrogens (tertiary/aromatic N) is 3. The van der Waals surface area contributed by atoms with Crippen LogP contribution in [0.15, 0.2) is 10.2 Å². The maximum absolute atomic E-state index is 12.7. The van der Waals surface area contributed by atoms with Crippen molar-refractivity contribution in [2.24, 2.45) is 27.6 Å². The van der Waals surface area contributed by atoms with E-state index in [4.69, 9.17) is 11.5 Å². The van der Waals surface area contributed by atoms with Crippen LogP contribution in [-0.4, -0.2) is 47.4 Å². The highest BCUT2D eigenvalue weighted by Gasteiger charge is 2.48. The lowest BCUT2D eigenvalue weighted by molar-refractivity contribution is -0.141. The van der Waals surface area contributed by atoms with Crippen LogP contribution in [0, 0.1) is 5.92 Å². The molecule has 0 saturated carbocycles. The van der Waals surface area contributed by atoms with Gasteiger partial charge in [0.05, 0.1) is 0 Å². The average molecular weight is 380 g/mol. The Hall–Kier alpha value is -2.45. The Balaban J connectivity index is 2.84. The molecule has 3 amide bonds. The summed E-state index contributed by atoms with van der Waals surface area (Å²) in [5, 5.41) is 9.88. The maximum atomic E-state index is 12.7. The van der Waals surface area contributed by atoms with Crippen molar-refractivity contribution in [2.75, 3.05) is 13.1 Å². The van der Waals surface area contributed by atoms with E-state index in [1.54, 1.807) is 0 Å². The molecule has 1 fully saturated rings. The first-order chi connectivity index (χ1) is 12.9. The number of unbranched alkanes of at least 4 members (excludes halogenated alkanes) is 6. The second-order valence-electron chi connectivity index (χ2n) is 6.65. The predicted octanol–water partition coefficient (Wildman–Crippen LogP) is 0.878. The van der Waals surface area contributed by atoms with Crippen LogP contribution in [0.4, 0.5) is 0 Å². The Morgan fingerprint density at radius 2 is 1.67 bits per heavy atom. The molecule has 1 rings (SSSR count). The SMILES string of the molecule is CCCCCCNC(=O)[C@H]1C(=O)N(CCCCCC)C(=O)/C1=N/N=C(N)N. The molecule has 0 spiro atoms. The largest absolute Gasteiger partial charge is 0.369 e. The summed E-state index contributed by atoms with van der Waals surface area (Å²) in [4.78, 5) is 38.8. The molecule has 27 heavy (non-hydrogen) atoms. The zero-order chi connectivity index (χ0) is 20.2. The fourth-order valence-electron chi connectivity index (χ4n) is 2.86. The number of imide groups is 1. The quantitative estimate of drug-likeness (QED) is 0.115. The molecule has 0 radical (unpaired) electrons. The summed E-state index contributed by atoms with van der Waals surface area (Å²) in [6.45, 7) is 4.89. The number of likely N-dealkylation sites (tertiary alicyclic amines) is 1. The van der Waals surface area contributed by atoms with Gasteiger partial charge in [0.2, 0.25) is 17.8 Å². The summed E-state index contributed by atoms with van der Waals surface area (Å²) in [5.41, 5.74) is 10.3. The summed E-state index contributed by atoms with van der Waals surface area (Å²) >= 11 is 0. The summed E-state index contributed by atoms with van der Waals surface area (Å²) in [5.74, 6) is -3.34. The molecule has 9 heteroatoms. The normalized spacial score (nSPS) is 18.2. The molecule has 0 aromatic heterocycles. The summed E-state index contributed by atoms with van der Waals surface area (Å²) in [6.07, 6.45) is 7.64. The lowest BCUT2D eigenvalue weighted by Gasteiger charge is -2.13. The van der Waals surface area contributed by atoms with Gasteiger partial charge in [-0.3, -0.25) is 19.3 Å². The minimum Gasteiger partial charge on any atom is -0.369 e. The van der Waals surface area contributed by atoms with Crippen LogP contribution in [-0.2, 0) is 14.4 Å². The Bertz CT molecular complexity index is 584. The van der Waals surface area contributed by atoms with Gasteiger partial charge < -0.3 is 16.8 Å². The van der Waals surface area contributed by atoms with Gasteiger partial charge in [-0.2, -0.15) is 0 Å². The van der Waals surface area contributed by atoms with Gasteiger partial charge in [-0.15, -0.1) is 10.2 Å². The number of carbonyl (C=O) groups excluding carboxylic acids is 3. The first-order valence-electron chi connectivity index (χ1n) is 9.73. The van der Waals surface area contributed by atoms with Gasteiger partial charge in [0.1, 0.15) is 0 Å². The van der Waals surface area contributed by atoms with Crippen molar-refractivity contribution in [1.29, 1.82) is 0 Å². The van der Waals surface area contributed by atoms with E-state index in [1.165, 1.54) is 0 Å². The fourth-order valence-corrected chi connectivity index (χ4v) is 2.86. The zero-order valence-electron chi connectivity index (χ0n) is 16.4. The van der Waals surface area contributed by atoms with Crippen LogP contribution >= 0.6 is 0 Å². The standard InChI is InChI=1S/C18H32N6O3/c1-3-5-7-9-11-21-15(25)13-14(22-23-18(19)20)17(27)24(16(13)26)12-10-8-6-4-2/h13H,3-12H2,1-2H3,(H,21,25)(H4,19,20,23)/b22-14+/t13-/m0/s1. The molecular weight excluding hydrogens is 348 g/mol. The molecule has 0 aliphatic carbocycles. The molecule has 1 atom stereocenters. The highest BCUT2D eigenvalue weighted by Crippen LogP contribution is 2.19. The van der Waals surface area contributed by atoms with Gasteiger partial charge in [0.15, 0.2) is 11.6 Å². The molecule has 0 aromatic rings. The van der Waals surface area contributed by atoms with Crippen LogP contribution in [0.1, 0.15) is 65.2 Å². The highest BCUT2D eigenvalue weighted by molar-refractivity contribution is 6.54. The average Bonchev–Trinajstić information content (AvgIpc) is 2.86. The fraction of sp³-hybridized carbons (Fsp3) is 0.722. The van der Waals surface area contributed by atoms with Gasteiger partial charge in [-0.1, -0.05) is 52.4 Å². The number of nitrogens with one attached hydrogen (secondary N) is 1. The van der Waals surface area contributed by atoms with Crippen molar-refractivity contribution >= 4 is 29.4 Å². The molecule has 9 nitrogen and oxygen atoms in total. The van der Waals surface area contributed by atoms with E-state index < -0.39 is 23.6 Å². The number of carbonyl (C=O) groups is 3. The Labute approximate surface area is 160 Å². The van der Waals surface area contributed by atoms with Crippen LogP contribution in [0.2, 0.25) is 0 Å². The first-order valence-corrected chi connectivity index (χ1v) is 9.73. The maximum Gasteiger partial charge on any atom is 0.278 e. The lowest BCUT2D eigenvalue weighted by Crippen LogP contribution is -2.39. The molecule has 1 saturated heterocycles. The lowest BCUT2D eigenvalue weighted by atomic mass is 10.1. The third kappa shape index (κ3) is 6.99. The first kappa shape index (κ1) is 22.6. The van der Waals surface area contributed by atoms with Crippen molar-refractivity contribution in [2.45, 2.75) is 65.2 Å². The molecule has 0 unspecified atom stereocenters. The molecule has 0 bridgehead atoms. The van der Waals surface area contributed by atoms with E-state index in [-0.39, 0.29) is 18.2 Å². The molecular formula is C18H32N6O3. The molecule has 1 aliphatic rings. The molecule has 1 aliphatic heterocycles. The number of nitrogens with two attached hydrogens (primary N) is 2. The van der Waals surface area contributed by atoms with Crippen LogP contribution in [0.3, 0.4) is 0 Å². The van der Waals surface area contributed by atoms with Gasteiger partial charge in [0, 0.05) is 13.1 Å². The van der Waals surface area contributed by atoms with Crippen molar-refractivity contribution in [3.05, 3.63) is 0 Å². The van der Waals surface area contributed by atoms with Crippen molar-refractivity contribution in [1.82, 2.24) is 10.2 Å². The summed E-state index contributed by atoms with van der Waals surface area (Å²) < 4.78 is 0. The van der Waals surface area contributed by atoms with Crippen LogP contribution in [0.5, 0.6) is 0 Å². The number of hydrogen-bond donors (Lipinski definition) is 3. The Morgan fingerprint density at radius 1 is 1.04 bits per heavy atom. The van der Waals surface area contributed by atoms with Crippen molar-refractivity contribution in [3.8, 4) is 0 Å². The van der Waals surface area contributed by atoms with Gasteiger partial charge >= 0.3 is 0 Å². The molecule has 152 valence electrons. The van der Waals surface area contributed by atoms with E-state index in [0.29, 0.717) is 13.0 Å². The van der Waals surface area contributed by atoms with Crippen molar-refractivity contribution in [3.63, 3.8) is 0 Å². The van der Waals surface area contributed by atoms with Gasteiger partial charge in [-0.25, -0.2) is 0 Å². The molecule has 5 N–H and O–H groups in total. The second kappa shape index (κ2) is 12.0. The smallest absolute Gasteiger partial charge is 0.278 e. The highest BCUT2D eigenvalue weighted by atomic mass is 16.2. The van der Waals surface area contributed by atoms with E-state index >= 15 is 0 Å². The Morgan fingerprint density at radius 3 is 2.26 bits per heavy atom. The van der Waals surface area contributed by atoms with E-state index in [9.17, 15) is 14.4 Å². The minimum absolute atomic E-state index is 0.227. The van der Waals surface area contributed by atoms with Crippen LogP contribution < -0.4 is 16.8 Å². The predicted molar refractivity (Wildman–Crippen MR) is 105 cm³/mol. The van der Waals surface area contributed by atoms with Gasteiger partial charge in [-0.05, 0) is 12.8 Å². The summed E-state index contributed by atoms with van der Waals surface area (Å²) in [7, 11) is 0. The Kier molecular flexibility index (Phi) is 10.1. The molecule has 0 aromatic carbocycles. The number of rotatable bonds is 12. The van der Waals surface area contributed by atoms with E-state index in [2.05, 4.69) is 29.4 Å². The number of hydrogen-bond acceptors (Lipinski definition) is 5. The topological polar surface area (TPSA) is 143 Å². The third-order valence-electron chi connectivity index (χ3n) is 4.35. The van der Waals surface area contributed by atoms with Gasteiger partial charge in [0.25, 0.3) is 5.91 Å². The van der Waals surface area contributed by atoms with Crippen molar-refractivity contribution < 1.29 is 14.4 Å². The number of amides is 3. The third-order valence-corrected chi connectivity index (χ3v) is 4.35. The molecule has 1 heterocycles. The van der Waals surface area contributed by atoms with E-state index in [1.807, 2.05) is 0 Å². The zero-order valence-corrected chi connectivity index (χ0v) is 16.4. The minimum atomic E-state index is -1.29. The number of guanidine groups is 1. The second-order valence-corrected chi connectivity index (χ2v) is 6.65. The van der Waals surface area contributed by atoms with E-state index in [0.717, 1.165) is 49.8 Å². The monoisotopic (exact) mass is 380 g/mol. The van der Waals surface area contributed by atoms with Crippen LogP contribution in [0.25, 0.3) is 0 Å².